The van der Waals surface area contributed by atoms with Crippen molar-refractivity contribution in [1.29, 1.82) is 0 Å². The maximum atomic E-state index is 13.3. The molecular weight excluding hydrogens is 166 g/mol. The number of aromatic nitrogens is 1. The first-order chi connectivity index (χ1) is 6.12. The molecule has 1 saturated carbocycles. The minimum Gasteiger partial charge on any atom is -0.320 e. The van der Waals surface area contributed by atoms with Crippen LogP contribution in [-0.2, 0) is 5.54 Å². The standard InChI is InChI=1S/C9H10BFN2/c10-6-4-7(11)8(13-5-6)9(12)2-1-3-9/h4-5H,1-3,12H2. The Labute approximate surface area is 77.8 Å². The number of hydrogen-bond donors (Lipinski definition) is 1. The van der Waals surface area contributed by atoms with Gasteiger partial charge in [-0.25, -0.2) is 4.39 Å². The van der Waals surface area contributed by atoms with Gasteiger partial charge in [0.05, 0.1) is 11.2 Å². The SMILES string of the molecule is [B]c1cnc(C2(N)CCC2)c(F)c1. The number of pyridine rings is 1. The lowest BCUT2D eigenvalue weighted by Gasteiger charge is -2.37. The van der Waals surface area contributed by atoms with Gasteiger partial charge in [0.25, 0.3) is 0 Å². The second-order valence-electron chi connectivity index (χ2n) is 3.61. The van der Waals surface area contributed by atoms with Gasteiger partial charge >= 0.3 is 0 Å². The van der Waals surface area contributed by atoms with Crippen molar-refractivity contribution in [2.45, 2.75) is 24.8 Å². The molecule has 0 unspecified atom stereocenters. The van der Waals surface area contributed by atoms with Crippen LogP contribution in [-0.4, -0.2) is 12.8 Å². The fraction of sp³-hybridized carbons (Fsp3) is 0.444. The van der Waals surface area contributed by atoms with Crippen molar-refractivity contribution in [3.8, 4) is 0 Å². The van der Waals surface area contributed by atoms with Crippen LogP contribution in [0.4, 0.5) is 4.39 Å². The molecular formula is C9H10BFN2. The predicted molar refractivity (Wildman–Crippen MR) is 49.3 cm³/mol. The normalized spacial score (nSPS) is 19.5. The van der Waals surface area contributed by atoms with E-state index in [0.717, 1.165) is 19.3 Å². The molecule has 13 heavy (non-hydrogen) atoms. The third-order valence-electron chi connectivity index (χ3n) is 2.58. The zero-order valence-corrected chi connectivity index (χ0v) is 7.26. The Balaban J connectivity index is 2.40. The maximum Gasteiger partial charge on any atom is 0.146 e. The Bertz CT molecular complexity index is 336. The van der Waals surface area contributed by atoms with Crippen molar-refractivity contribution in [3.05, 3.63) is 23.8 Å². The largest absolute Gasteiger partial charge is 0.320 e. The summed E-state index contributed by atoms with van der Waals surface area (Å²) in [7, 11) is 5.39. The van der Waals surface area contributed by atoms with Crippen molar-refractivity contribution < 1.29 is 4.39 Å². The summed E-state index contributed by atoms with van der Waals surface area (Å²) >= 11 is 0. The predicted octanol–water partition coefficient (Wildman–Crippen LogP) is 0.352. The fourth-order valence-corrected chi connectivity index (χ4v) is 1.61. The first kappa shape index (κ1) is 8.69. The highest BCUT2D eigenvalue weighted by Gasteiger charge is 2.37. The Morgan fingerprint density at radius 1 is 1.54 bits per heavy atom. The maximum absolute atomic E-state index is 13.3. The van der Waals surface area contributed by atoms with E-state index in [1.807, 2.05) is 0 Å². The number of hydrogen-bond acceptors (Lipinski definition) is 2. The molecule has 1 fully saturated rings. The molecule has 1 aromatic rings. The minimum absolute atomic E-state index is 0.337. The third kappa shape index (κ3) is 1.35. The van der Waals surface area contributed by atoms with E-state index in [1.165, 1.54) is 12.3 Å². The summed E-state index contributed by atoms with van der Waals surface area (Å²) in [6.45, 7) is 0. The first-order valence-electron chi connectivity index (χ1n) is 4.32. The van der Waals surface area contributed by atoms with Crippen LogP contribution in [0, 0.1) is 5.82 Å². The first-order valence-corrected chi connectivity index (χ1v) is 4.32. The van der Waals surface area contributed by atoms with Gasteiger partial charge in [-0.2, -0.15) is 0 Å². The van der Waals surface area contributed by atoms with Crippen molar-refractivity contribution in [2.24, 2.45) is 5.73 Å². The Morgan fingerprint density at radius 2 is 2.23 bits per heavy atom. The molecule has 4 heteroatoms. The van der Waals surface area contributed by atoms with E-state index in [1.54, 1.807) is 0 Å². The highest BCUT2D eigenvalue weighted by molar-refractivity contribution is 6.32. The molecule has 0 saturated heterocycles. The van der Waals surface area contributed by atoms with Crippen LogP contribution in [0.2, 0.25) is 0 Å². The topological polar surface area (TPSA) is 38.9 Å². The summed E-state index contributed by atoms with van der Waals surface area (Å²) in [5, 5.41) is 0. The quantitative estimate of drug-likeness (QED) is 0.627. The monoisotopic (exact) mass is 176 g/mol. The summed E-state index contributed by atoms with van der Waals surface area (Å²) < 4.78 is 13.3. The Morgan fingerprint density at radius 3 is 2.69 bits per heavy atom. The van der Waals surface area contributed by atoms with Gasteiger partial charge in [-0.1, -0.05) is 5.46 Å². The van der Waals surface area contributed by atoms with E-state index >= 15 is 0 Å². The fourth-order valence-electron chi connectivity index (χ4n) is 1.61. The molecule has 0 aromatic carbocycles. The average Bonchev–Trinajstić information content (AvgIpc) is 2.00. The van der Waals surface area contributed by atoms with E-state index < -0.39 is 5.54 Å². The Kier molecular flexibility index (Phi) is 1.88. The molecule has 0 bridgehead atoms. The lowest BCUT2D eigenvalue weighted by atomic mass is 9.74. The van der Waals surface area contributed by atoms with Gasteiger partial charge in [-0.3, -0.25) is 4.98 Å². The summed E-state index contributed by atoms with van der Waals surface area (Å²) in [5.41, 5.74) is 6.08. The van der Waals surface area contributed by atoms with Gasteiger partial charge in [-0.15, -0.1) is 0 Å². The van der Waals surface area contributed by atoms with E-state index in [9.17, 15) is 4.39 Å². The van der Waals surface area contributed by atoms with Crippen LogP contribution >= 0.6 is 0 Å². The number of halogens is 1. The van der Waals surface area contributed by atoms with Gasteiger partial charge in [0.1, 0.15) is 13.7 Å². The van der Waals surface area contributed by atoms with Gasteiger partial charge in [-0.05, 0) is 25.3 Å². The van der Waals surface area contributed by atoms with Crippen LogP contribution in [0.3, 0.4) is 0 Å². The number of nitrogens with zero attached hydrogens (tertiary/aromatic N) is 1. The highest BCUT2D eigenvalue weighted by Crippen LogP contribution is 2.38. The summed E-state index contributed by atoms with van der Waals surface area (Å²) in [5.74, 6) is -0.387. The highest BCUT2D eigenvalue weighted by atomic mass is 19.1. The van der Waals surface area contributed by atoms with Crippen molar-refractivity contribution in [2.75, 3.05) is 0 Å². The minimum atomic E-state index is -0.544. The third-order valence-corrected chi connectivity index (χ3v) is 2.58. The van der Waals surface area contributed by atoms with Crippen LogP contribution < -0.4 is 11.2 Å². The van der Waals surface area contributed by atoms with Crippen LogP contribution in [0.25, 0.3) is 0 Å². The average molecular weight is 176 g/mol. The van der Waals surface area contributed by atoms with Gasteiger partial charge in [0, 0.05) is 6.20 Å². The second-order valence-corrected chi connectivity index (χ2v) is 3.61. The van der Waals surface area contributed by atoms with Gasteiger partial charge in [0.2, 0.25) is 0 Å². The molecule has 0 atom stereocenters. The summed E-state index contributed by atoms with van der Waals surface area (Å²) in [4.78, 5) is 3.95. The van der Waals surface area contributed by atoms with E-state index in [2.05, 4.69) is 4.98 Å². The van der Waals surface area contributed by atoms with Gasteiger partial charge < -0.3 is 5.73 Å². The molecule has 1 aliphatic carbocycles. The van der Waals surface area contributed by atoms with Crippen LogP contribution in [0.1, 0.15) is 25.0 Å². The molecule has 1 aromatic heterocycles. The lowest BCUT2D eigenvalue weighted by molar-refractivity contribution is 0.237. The number of nitrogens with two attached hydrogens (primary N) is 1. The molecule has 2 rings (SSSR count). The molecule has 0 amide bonds. The molecule has 2 N–H and O–H groups in total. The molecule has 1 heterocycles. The van der Waals surface area contributed by atoms with Crippen LogP contribution in [0.15, 0.2) is 12.3 Å². The lowest BCUT2D eigenvalue weighted by Crippen LogP contribution is -2.45. The van der Waals surface area contributed by atoms with Gasteiger partial charge in [0.15, 0.2) is 0 Å². The zero-order chi connectivity index (χ0) is 9.47. The molecule has 66 valence electrons. The molecule has 0 spiro atoms. The second kappa shape index (κ2) is 2.81. The molecule has 0 aliphatic heterocycles. The smallest absolute Gasteiger partial charge is 0.146 e. The number of rotatable bonds is 1. The van der Waals surface area contributed by atoms with Crippen molar-refractivity contribution in [3.63, 3.8) is 0 Å². The summed E-state index contributed by atoms with van der Waals surface area (Å²) in [6, 6.07) is 1.27. The van der Waals surface area contributed by atoms with Crippen molar-refractivity contribution >= 4 is 13.3 Å². The zero-order valence-electron chi connectivity index (χ0n) is 7.26. The molecule has 2 radical (unpaired) electrons. The Hall–Kier alpha value is -0.895. The van der Waals surface area contributed by atoms with Crippen molar-refractivity contribution in [1.82, 2.24) is 4.98 Å². The molecule has 1 aliphatic rings. The van der Waals surface area contributed by atoms with E-state index in [4.69, 9.17) is 13.6 Å². The molecule has 2 nitrogen and oxygen atoms in total. The van der Waals surface area contributed by atoms with Crippen LogP contribution in [0.5, 0.6) is 0 Å². The van der Waals surface area contributed by atoms with E-state index in [-0.39, 0.29) is 5.82 Å². The summed E-state index contributed by atoms with van der Waals surface area (Å²) in [6.07, 6.45) is 4.11. The van der Waals surface area contributed by atoms with E-state index in [0.29, 0.717) is 11.2 Å².